The van der Waals surface area contributed by atoms with Crippen molar-refractivity contribution in [2.75, 3.05) is 50.8 Å². The molecule has 0 bridgehead atoms. The summed E-state index contributed by atoms with van der Waals surface area (Å²) in [6.07, 6.45) is 0.752. The SMILES string of the molecule is Cc1cc(C)c2sc(N(CCCN3CCOCC3)C(=O)CN3C(=O)c4ccccc4C3=O)nc2c1. The van der Waals surface area contributed by atoms with Crippen LogP contribution in [-0.2, 0) is 9.53 Å². The highest BCUT2D eigenvalue weighted by atomic mass is 32.1. The molecule has 3 heterocycles. The molecule has 3 amide bonds. The molecular weight excluding hydrogens is 464 g/mol. The van der Waals surface area contributed by atoms with Crippen LogP contribution in [0.1, 0.15) is 38.3 Å². The van der Waals surface area contributed by atoms with Gasteiger partial charge in [0, 0.05) is 26.2 Å². The first-order valence-corrected chi connectivity index (χ1v) is 12.7. The first-order chi connectivity index (χ1) is 16.9. The number of anilines is 1. The van der Waals surface area contributed by atoms with Crippen LogP contribution >= 0.6 is 11.3 Å². The van der Waals surface area contributed by atoms with Crippen LogP contribution in [0.3, 0.4) is 0 Å². The molecule has 5 rings (SSSR count). The third-order valence-electron chi connectivity index (χ3n) is 6.47. The number of thiazole rings is 1. The molecule has 8 nitrogen and oxygen atoms in total. The highest BCUT2D eigenvalue weighted by Crippen LogP contribution is 2.33. The second-order valence-electron chi connectivity index (χ2n) is 9.02. The Morgan fingerprint density at radius 2 is 1.77 bits per heavy atom. The lowest BCUT2D eigenvalue weighted by atomic mass is 10.1. The lowest BCUT2D eigenvalue weighted by Gasteiger charge is -2.28. The summed E-state index contributed by atoms with van der Waals surface area (Å²) in [6.45, 7) is 8.25. The number of fused-ring (bicyclic) bond motifs is 2. The van der Waals surface area contributed by atoms with E-state index in [0.717, 1.165) is 65.5 Å². The van der Waals surface area contributed by atoms with Crippen LogP contribution in [0.4, 0.5) is 5.13 Å². The Balaban J connectivity index is 1.38. The van der Waals surface area contributed by atoms with Crippen molar-refractivity contribution in [2.45, 2.75) is 20.3 Å². The zero-order chi connectivity index (χ0) is 24.5. The maximum atomic E-state index is 13.6. The van der Waals surface area contributed by atoms with Crippen LogP contribution in [0.25, 0.3) is 10.2 Å². The summed E-state index contributed by atoms with van der Waals surface area (Å²) in [5.74, 6) is -1.17. The van der Waals surface area contributed by atoms with Crippen molar-refractivity contribution in [3.8, 4) is 0 Å². The minimum Gasteiger partial charge on any atom is -0.379 e. The van der Waals surface area contributed by atoms with Gasteiger partial charge in [0.25, 0.3) is 11.8 Å². The number of carbonyl (C=O) groups is 3. The number of imide groups is 1. The molecule has 35 heavy (non-hydrogen) atoms. The Kier molecular flexibility index (Phi) is 6.64. The van der Waals surface area contributed by atoms with Crippen LogP contribution in [0.5, 0.6) is 0 Å². The Morgan fingerprint density at radius 3 is 2.46 bits per heavy atom. The van der Waals surface area contributed by atoms with Gasteiger partial charge in [-0.15, -0.1) is 0 Å². The van der Waals surface area contributed by atoms with Gasteiger partial charge in [0.2, 0.25) is 5.91 Å². The first kappa shape index (κ1) is 23.6. The van der Waals surface area contributed by atoms with E-state index in [9.17, 15) is 14.4 Å². The van der Waals surface area contributed by atoms with Gasteiger partial charge in [-0.05, 0) is 49.6 Å². The van der Waals surface area contributed by atoms with E-state index in [1.807, 2.05) is 19.9 Å². The van der Waals surface area contributed by atoms with Crippen molar-refractivity contribution in [1.82, 2.24) is 14.8 Å². The average Bonchev–Trinajstić information content (AvgIpc) is 3.38. The smallest absolute Gasteiger partial charge is 0.262 e. The zero-order valence-corrected chi connectivity index (χ0v) is 20.8. The molecule has 0 saturated carbocycles. The molecule has 0 unspecified atom stereocenters. The maximum absolute atomic E-state index is 13.6. The standard InChI is InChI=1S/C26H28N4O4S/c1-17-14-18(2)23-21(15-17)27-26(35-23)29(9-5-8-28-10-12-34-13-11-28)22(31)16-30-24(32)19-6-3-4-7-20(19)25(30)33/h3-4,6-7,14-15H,5,8-13,16H2,1-2H3. The van der Waals surface area contributed by atoms with Crippen LogP contribution in [-0.4, -0.2) is 78.4 Å². The van der Waals surface area contributed by atoms with E-state index in [-0.39, 0.29) is 12.5 Å². The van der Waals surface area contributed by atoms with Gasteiger partial charge in [-0.3, -0.25) is 29.1 Å². The molecule has 0 spiro atoms. The molecule has 2 aliphatic heterocycles. The topological polar surface area (TPSA) is 83.0 Å². The highest BCUT2D eigenvalue weighted by Gasteiger charge is 2.37. The molecule has 0 atom stereocenters. The van der Waals surface area contributed by atoms with Gasteiger partial charge in [0.15, 0.2) is 5.13 Å². The number of ether oxygens (including phenoxy) is 1. The van der Waals surface area contributed by atoms with Crippen molar-refractivity contribution in [3.05, 3.63) is 58.7 Å². The summed E-state index contributed by atoms with van der Waals surface area (Å²) in [5.41, 5.74) is 3.77. The third-order valence-corrected chi connectivity index (χ3v) is 7.70. The molecular formula is C26H28N4O4S. The van der Waals surface area contributed by atoms with Gasteiger partial charge < -0.3 is 4.74 Å². The Bertz CT molecular complexity index is 1260. The fourth-order valence-electron chi connectivity index (χ4n) is 4.69. The third kappa shape index (κ3) is 4.71. The van der Waals surface area contributed by atoms with E-state index >= 15 is 0 Å². The fourth-order valence-corrected chi connectivity index (χ4v) is 5.75. The number of carbonyl (C=O) groups excluding carboxylic acids is 3. The lowest BCUT2D eigenvalue weighted by molar-refractivity contribution is -0.119. The minimum atomic E-state index is -0.428. The number of aromatic nitrogens is 1. The summed E-state index contributed by atoms with van der Waals surface area (Å²) in [7, 11) is 0. The van der Waals surface area contributed by atoms with Crippen LogP contribution in [0.2, 0.25) is 0 Å². The first-order valence-electron chi connectivity index (χ1n) is 11.9. The lowest BCUT2D eigenvalue weighted by Crippen LogP contribution is -2.44. The van der Waals surface area contributed by atoms with Crippen LogP contribution < -0.4 is 4.90 Å². The summed E-state index contributed by atoms with van der Waals surface area (Å²) < 4.78 is 6.47. The minimum absolute atomic E-state index is 0.308. The maximum Gasteiger partial charge on any atom is 0.262 e. The van der Waals surface area contributed by atoms with E-state index in [4.69, 9.17) is 9.72 Å². The summed E-state index contributed by atoms with van der Waals surface area (Å²) in [6, 6.07) is 10.8. The number of aryl methyl sites for hydroxylation is 2. The summed E-state index contributed by atoms with van der Waals surface area (Å²) >= 11 is 1.47. The van der Waals surface area contributed by atoms with Gasteiger partial charge in [0.1, 0.15) is 6.54 Å². The van der Waals surface area contributed by atoms with E-state index in [0.29, 0.717) is 22.8 Å². The molecule has 182 valence electrons. The Hall–Kier alpha value is -3.14. The molecule has 2 aromatic carbocycles. The molecule has 0 aliphatic carbocycles. The monoisotopic (exact) mass is 492 g/mol. The van der Waals surface area contributed by atoms with Crippen LogP contribution in [0.15, 0.2) is 36.4 Å². The number of morpholine rings is 1. The van der Waals surface area contributed by atoms with Crippen molar-refractivity contribution in [1.29, 1.82) is 0 Å². The highest BCUT2D eigenvalue weighted by molar-refractivity contribution is 7.22. The average molecular weight is 493 g/mol. The molecule has 0 radical (unpaired) electrons. The number of hydrogen-bond acceptors (Lipinski definition) is 7. The quantitative estimate of drug-likeness (QED) is 0.471. The second-order valence-corrected chi connectivity index (χ2v) is 10.00. The Labute approximate surface area is 208 Å². The summed E-state index contributed by atoms with van der Waals surface area (Å²) in [5, 5.41) is 0.595. The molecule has 1 saturated heterocycles. The van der Waals surface area contributed by atoms with Gasteiger partial charge >= 0.3 is 0 Å². The Morgan fingerprint density at radius 1 is 1.09 bits per heavy atom. The zero-order valence-electron chi connectivity index (χ0n) is 20.0. The predicted octanol–water partition coefficient (Wildman–Crippen LogP) is 3.26. The van der Waals surface area contributed by atoms with Gasteiger partial charge in [-0.2, -0.15) is 0 Å². The normalized spacial score (nSPS) is 16.2. The van der Waals surface area contributed by atoms with E-state index < -0.39 is 11.8 Å². The molecule has 9 heteroatoms. The van der Waals surface area contributed by atoms with Crippen LogP contribution in [0, 0.1) is 13.8 Å². The number of amides is 3. The van der Waals surface area contributed by atoms with Crippen molar-refractivity contribution < 1.29 is 19.1 Å². The van der Waals surface area contributed by atoms with Gasteiger partial charge in [0.05, 0.1) is 34.6 Å². The van der Waals surface area contributed by atoms with E-state index in [1.165, 1.54) is 11.3 Å². The molecule has 3 aromatic rings. The fraction of sp³-hybridized carbons (Fsp3) is 0.385. The number of hydrogen-bond donors (Lipinski definition) is 0. The molecule has 1 fully saturated rings. The van der Waals surface area contributed by atoms with E-state index in [1.54, 1.807) is 29.2 Å². The van der Waals surface area contributed by atoms with E-state index in [2.05, 4.69) is 11.0 Å². The van der Waals surface area contributed by atoms with Crippen molar-refractivity contribution in [3.63, 3.8) is 0 Å². The molecule has 1 aromatic heterocycles. The predicted molar refractivity (Wildman–Crippen MR) is 135 cm³/mol. The number of rotatable bonds is 7. The summed E-state index contributed by atoms with van der Waals surface area (Å²) in [4.78, 5) is 49.0. The second kappa shape index (κ2) is 9.85. The number of benzene rings is 2. The number of nitrogens with zero attached hydrogens (tertiary/aromatic N) is 4. The van der Waals surface area contributed by atoms with Crippen molar-refractivity contribution >= 4 is 44.4 Å². The van der Waals surface area contributed by atoms with Gasteiger partial charge in [-0.25, -0.2) is 4.98 Å². The van der Waals surface area contributed by atoms with Crippen molar-refractivity contribution in [2.24, 2.45) is 0 Å². The molecule has 2 aliphatic rings. The largest absolute Gasteiger partial charge is 0.379 e. The van der Waals surface area contributed by atoms with Gasteiger partial charge in [-0.1, -0.05) is 29.5 Å². The molecule has 0 N–H and O–H groups in total.